The van der Waals surface area contributed by atoms with Gasteiger partial charge in [0.1, 0.15) is 17.8 Å². The Kier molecular flexibility index (Phi) is 4.63. The van der Waals surface area contributed by atoms with Crippen LogP contribution in [0, 0.1) is 17.8 Å². The number of carbonyl (C=O) groups excluding carboxylic acids is 1. The Morgan fingerprint density at radius 2 is 1.93 bits per heavy atom. The molecule has 0 unspecified atom stereocenters. The number of hydrogen-bond acceptors (Lipinski definition) is 6. The van der Waals surface area contributed by atoms with Gasteiger partial charge in [0, 0.05) is 5.92 Å². The number of allylic oxidation sites excluding steroid dienone is 1. The van der Waals surface area contributed by atoms with Crippen molar-refractivity contribution in [3.63, 3.8) is 0 Å². The summed E-state index contributed by atoms with van der Waals surface area (Å²) in [5.41, 5.74) is -0.291. The van der Waals surface area contributed by atoms with Gasteiger partial charge in [-0.15, -0.1) is 0 Å². The molecule has 0 radical (unpaired) electrons. The topological polar surface area (TPSA) is 75.8 Å². The third-order valence-corrected chi connectivity index (χ3v) is 6.27. The van der Waals surface area contributed by atoms with Gasteiger partial charge < -0.3 is 14.4 Å². The number of ether oxygens (including phenoxy) is 1. The maximum Gasteiger partial charge on any atom is 0.265 e. The summed E-state index contributed by atoms with van der Waals surface area (Å²) in [5.74, 6) is -0.302. The third-order valence-electron chi connectivity index (χ3n) is 6.27. The molecule has 1 heterocycles. The summed E-state index contributed by atoms with van der Waals surface area (Å²) in [6.45, 7) is 4.21. The molecule has 28 heavy (non-hydrogen) atoms. The monoisotopic (exact) mass is 382 g/mol. The van der Waals surface area contributed by atoms with Crippen LogP contribution in [0.1, 0.15) is 41.6 Å². The molecular weight excluding hydrogens is 356 g/mol. The average Bonchev–Trinajstić information content (AvgIpc) is 3.10. The average molecular weight is 382 g/mol. The molecule has 0 amide bonds. The molecule has 0 spiro atoms. The van der Waals surface area contributed by atoms with Crippen molar-refractivity contribution >= 4 is 5.78 Å². The maximum absolute atomic E-state index is 13.5. The molecule has 0 bridgehead atoms. The Labute approximate surface area is 164 Å². The van der Waals surface area contributed by atoms with Crippen molar-refractivity contribution in [1.29, 1.82) is 0 Å². The fourth-order valence-electron chi connectivity index (χ4n) is 4.46. The molecule has 0 aliphatic heterocycles. The number of nitrogens with zero attached hydrogens (tertiary/aromatic N) is 2. The highest BCUT2D eigenvalue weighted by atomic mass is 16.5. The van der Waals surface area contributed by atoms with Crippen LogP contribution in [0.4, 0.5) is 0 Å². The standard InChI is InChI=1S/C22H26N2O4/c1-13-10-11-16-18(24(3)4)19-17(20(25)22(16,26)14(13)2)21(23-28-19)27-12-15-8-6-5-7-9-15/h5-11,13-14,16,18,26H,12H2,1-4H3/t13-,14-,16+,18+,22-/m1/s1. The molecule has 0 saturated carbocycles. The number of hydrogen-bond donors (Lipinski definition) is 1. The molecule has 6 heteroatoms. The second kappa shape index (κ2) is 6.87. The van der Waals surface area contributed by atoms with E-state index in [9.17, 15) is 9.90 Å². The number of carbonyl (C=O) groups is 1. The lowest BCUT2D eigenvalue weighted by Crippen LogP contribution is -2.59. The zero-order valence-corrected chi connectivity index (χ0v) is 16.6. The first kappa shape index (κ1) is 18.9. The van der Waals surface area contributed by atoms with Gasteiger partial charge in [-0.05, 0) is 36.7 Å². The van der Waals surface area contributed by atoms with Crippen molar-refractivity contribution in [3.8, 4) is 5.88 Å². The van der Waals surface area contributed by atoms with E-state index in [-0.39, 0.29) is 41.7 Å². The molecule has 148 valence electrons. The van der Waals surface area contributed by atoms with E-state index in [2.05, 4.69) is 11.2 Å². The van der Waals surface area contributed by atoms with E-state index in [4.69, 9.17) is 9.26 Å². The minimum absolute atomic E-state index is 0.0862. The molecular formula is C22H26N2O4. The van der Waals surface area contributed by atoms with Gasteiger partial charge >= 0.3 is 0 Å². The SMILES string of the molecule is C[C@@H]1C=C[C@H]2[C@H](N(C)C)c3onc(OCc4ccccc4)c3C(=O)[C@@]2(O)[C@@H]1C. The number of fused-ring (bicyclic) bond motifs is 2. The second-order valence-corrected chi connectivity index (χ2v) is 8.12. The largest absolute Gasteiger partial charge is 0.470 e. The Morgan fingerprint density at radius 1 is 1.21 bits per heavy atom. The normalized spacial score (nSPS) is 31.6. The number of benzene rings is 1. The summed E-state index contributed by atoms with van der Waals surface area (Å²) in [7, 11) is 3.82. The lowest BCUT2D eigenvalue weighted by Gasteiger charge is -2.49. The summed E-state index contributed by atoms with van der Waals surface area (Å²) in [4.78, 5) is 15.5. The van der Waals surface area contributed by atoms with Gasteiger partial charge in [-0.1, -0.05) is 56.3 Å². The number of aromatic nitrogens is 1. The van der Waals surface area contributed by atoms with E-state index in [1.807, 2.05) is 69.3 Å². The molecule has 1 aromatic heterocycles. The van der Waals surface area contributed by atoms with Crippen molar-refractivity contribution in [3.05, 3.63) is 59.4 Å². The van der Waals surface area contributed by atoms with Gasteiger partial charge in [-0.25, -0.2) is 0 Å². The highest BCUT2D eigenvalue weighted by Gasteiger charge is 2.60. The van der Waals surface area contributed by atoms with Crippen molar-refractivity contribution in [2.45, 2.75) is 32.1 Å². The molecule has 2 aliphatic carbocycles. The first-order valence-electron chi connectivity index (χ1n) is 9.64. The van der Waals surface area contributed by atoms with E-state index >= 15 is 0 Å². The van der Waals surface area contributed by atoms with E-state index in [1.165, 1.54) is 0 Å². The van der Waals surface area contributed by atoms with Gasteiger partial charge in [-0.2, -0.15) is 0 Å². The molecule has 5 atom stereocenters. The zero-order chi connectivity index (χ0) is 20.1. The molecule has 2 aromatic rings. The minimum Gasteiger partial charge on any atom is -0.470 e. The fourth-order valence-corrected chi connectivity index (χ4v) is 4.46. The lowest BCUT2D eigenvalue weighted by atomic mass is 9.60. The van der Waals surface area contributed by atoms with Gasteiger partial charge in [0.15, 0.2) is 5.76 Å². The molecule has 2 aliphatic rings. The van der Waals surface area contributed by atoms with Crippen LogP contribution in [0.15, 0.2) is 47.0 Å². The first-order chi connectivity index (χ1) is 13.4. The summed E-state index contributed by atoms with van der Waals surface area (Å²) in [5, 5.41) is 15.7. The first-order valence-corrected chi connectivity index (χ1v) is 9.64. The molecule has 0 fully saturated rings. The van der Waals surface area contributed by atoms with Crippen molar-refractivity contribution in [1.82, 2.24) is 10.1 Å². The Morgan fingerprint density at radius 3 is 2.61 bits per heavy atom. The van der Waals surface area contributed by atoms with E-state index in [0.29, 0.717) is 5.76 Å². The van der Waals surface area contributed by atoms with E-state index in [1.54, 1.807) is 0 Å². The van der Waals surface area contributed by atoms with Crippen LogP contribution in [-0.4, -0.2) is 40.6 Å². The lowest BCUT2D eigenvalue weighted by molar-refractivity contribution is -0.0690. The van der Waals surface area contributed by atoms with Crippen LogP contribution < -0.4 is 4.74 Å². The van der Waals surface area contributed by atoms with Gasteiger partial charge in [-0.3, -0.25) is 9.69 Å². The van der Waals surface area contributed by atoms with Crippen LogP contribution >= 0.6 is 0 Å². The molecule has 4 rings (SSSR count). The molecule has 0 saturated heterocycles. The van der Waals surface area contributed by atoms with Crippen LogP contribution in [-0.2, 0) is 6.61 Å². The Balaban J connectivity index is 1.76. The number of aliphatic hydroxyl groups is 1. The van der Waals surface area contributed by atoms with Gasteiger partial charge in [0.2, 0.25) is 5.78 Å². The van der Waals surface area contributed by atoms with E-state index in [0.717, 1.165) is 5.56 Å². The van der Waals surface area contributed by atoms with Crippen LogP contribution in [0.2, 0.25) is 0 Å². The number of Topliss-reactive ketones (excluding diaryl/α,β-unsaturated/α-hetero) is 1. The smallest absolute Gasteiger partial charge is 0.265 e. The van der Waals surface area contributed by atoms with Crippen molar-refractivity contribution in [2.75, 3.05) is 14.1 Å². The number of rotatable bonds is 4. The maximum atomic E-state index is 13.5. The minimum atomic E-state index is -1.52. The van der Waals surface area contributed by atoms with E-state index < -0.39 is 11.5 Å². The van der Waals surface area contributed by atoms with Crippen LogP contribution in [0.3, 0.4) is 0 Å². The zero-order valence-electron chi connectivity index (χ0n) is 16.6. The summed E-state index contributed by atoms with van der Waals surface area (Å²) >= 11 is 0. The van der Waals surface area contributed by atoms with Crippen molar-refractivity contribution in [2.24, 2.45) is 17.8 Å². The fraction of sp³-hybridized carbons (Fsp3) is 0.455. The summed E-state index contributed by atoms with van der Waals surface area (Å²) in [6.07, 6.45) is 4.02. The van der Waals surface area contributed by atoms with Crippen molar-refractivity contribution < 1.29 is 19.2 Å². The predicted molar refractivity (Wildman–Crippen MR) is 104 cm³/mol. The van der Waals surface area contributed by atoms with Crippen LogP contribution in [0.5, 0.6) is 5.88 Å². The molecule has 1 aromatic carbocycles. The summed E-state index contributed by atoms with van der Waals surface area (Å²) < 4.78 is 11.4. The Bertz CT molecular complexity index is 905. The highest BCUT2D eigenvalue weighted by molar-refractivity contribution is 6.07. The van der Waals surface area contributed by atoms with Crippen LogP contribution in [0.25, 0.3) is 0 Å². The third kappa shape index (κ3) is 2.71. The van der Waals surface area contributed by atoms with Gasteiger partial charge in [0.25, 0.3) is 5.88 Å². The summed E-state index contributed by atoms with van der Waals surface area (Å²) in [6, 6.07) is 9.36. The highest BCUT2D eigenvalue weighted by Crippen LogP contribution is 2.52. The number of ketones is 1. The Hall–Kier alpha value is -2.44. The van der Waals surface area contributed by atoms with Gasteiger partial charge in [0.05, 0.1) is 6.04 Å². The predicted octanol–water partition coefficient (Wildman–Crippen LogP) is 3.24. The second-order valence-electron chi connectivity index (χ2n) is 8.12. The molecule has 6 nitrogen and oxygen atoms in total. The molecule has 1 N–H and O–H groups in total. The quantitative estimate of drug-likeness (QED) is 0.818.